The highest BCUT2D eigenvalue weighted by Gasteiger charge is 2.21. The molecule has 3 nitrogen and oxygen atoms in total. The lowest BCUT2D eigenvalue weighted by molar-refractivity contribution is 0.0766. The van der Waals surface area contributed by atoms with Crippen molar-refractivity contribution in [2.24, 2.45) is 0 Å². The Labute approximate surface area is 148 Å². The molecule has 0 radical (unpaired) electrons. The van der Waals surface area contributed by atoms with Gasteiger partial charge in [-0.15, -0.1) is 0 Å². The van der Waals surface area contributed by atoms with Crippen LogP contribution in [-0.4, -0.2) is 37.0 Å². The van der Waals surface area contributed by atoms with Gasteiger partial charge < -0.3 is 9.80 Å². The first kappa shape index (κ1) is 16.9. The molecule has 1 aliphatic heterocycles. The number of anilines is 1. The summed E-state index contributed by atoms with van der Waals surface area (Å²) in [6, 6.07) is 10.6. The number of carbonyl (C=O) groups is 1. The van der Waals surface area contributed by atoms with Crippen molar-refractivity contribution >= 4 is 27.5 Å². The summed E-state index contributed by atoms with van der Waals surface area (Å²) < 4.78 is 27.1. The molecule has 0 unspecified atom stereocenters. The van der Waals surface area contributed by atoms with Crippen LogP contribution in [0.4, 0.5) is 14.5 Å². The molecule has 0 aromatic heterocycles. The van der Waals surface area contributed by atoms with Crippen molar-refractivity contribution < 1.29 is 13.6 Å². The van der Waals surface area contributed by atoms with Gasteiger partial charge in [0.1, 0.15) is 11.6 Å². The molecule has 0 spiro atoms. The maximum Gasteiger partial charge on any atom is 0.254 e. The number of hydrogen-bond acceptors (Lipinski definition) is 2. The zero-order valence-electron chi connectivity index (χ0n) is 13.0. The monoisotopic (exact) mass is 394 g/mol. The first-order valence-corrected chi connectivity index (χ1v) is 8.58. The van der Waals surface area contributed by atoms with Gasteiger partial charge in [-0.3, -0.25) is 4.79 Å². The molecule has 0 saturated carbocycles. The van der Waals surface area contributed by atoms with Gasteiger partial charge in [-0.25, -0.2) is 8.78 Å². The lowest BCUT2D eigenvalue weighted by atomic mass is 10.2. The predicted molar refractivity (Wildman–Crippen MR) is 93.2 cm³/mol. The third kappa shape index (κ3) is 3.93. The fraction of sp³-hybridized carbons (Fsp3) is 0.278. The third-order valence-electron chi connectivity index (χ3n) is 4.08. The van der Waals surface area contributed by atoms with E-state index in [4.69, 9.17) is 0 Å². The molecular weight excluding hydrogens is 378 g/mol. The number of rotatable bonds is 2. The quantitative estimate of drug-likeness (QED) is 0.765. The van der Waals surface area contributed by atoms with Crippen molar-refractivity contribution in [3.05, 3.63) is 64.1 Å². The van der Waals surface area contributed by atoms with Gasteiger partial charge in [-0.1, -0.05) is 15.9 Å². The van der Waals surface area contributed by atoms with Crippen molar-refractivity contribution in [2.75, 3.05) is 31.1 Å². The molecule has 1 heterocycles. The van der Waals surface area contributed by atoms with Crippen LogP contribution in [-0.2, 0) is 0 Å². The average molecular weight is 395 g/mol. The molecule has 2 aromatic carbocycles. The van der Waals surface area contributed by atoms with Crippen molar-refractivity contribution in [2.45, 2.75) is 6.42 Å². The van der Waals surface area contributed by atoms with E-state index in [0.717, 1.165) is 18.7 Å². The molecule has 1 amide bonds. The van der Waals surface area contributed by atoms with E-state index in [2.05, 4.69) is 20.8 Å². The summed E-state index contributed by atoms with van der Waals surface area (Å²) in [6.45, 7) is 2.62. The Morgan fingerprint density at radius 2 is 1.67 bits per heavy atom. The summed E-state index contributed by atoms with van der Waals surface area (Å²) in [5.41, 5.74) is 1.29. The van der Waals surface area contributed by atoms with Crippen molar-refractivity contribution in [1.82, 2.24) is 4.90 Å². The minimum absolute atomic E-state index is 0.170. The Hall–Kier alpha value is -1.95. The molecule has 3 rings (SSSR count). The standard InChI is InChI=1S/C18H17BrF2N2O/c19-14-10-13(11-16(21)12-14)18(24)23-7-1-6-22(8-9-23)17-4-2-15(20)3-5-17/h2-5,10-12H,1,6-9H2. The van der Waals surface area contributed by atoms with Gasteiger partial charge in [-0.2, -0.15) is 0 Å². The molecule has 6 heteroatoms. The molecule has 2 aromatic rings. The summed E-state index contributed by atoms with van der Waals surface area (Å²) >= 11 is 3.22. The summed E-state index contributed by atoms with van der Waals surface area (Å²) in [7, 11) is 0. The number of benzene rings is 2. The number of nitrogens with zero attached hydrogens (tertiary/aromatic N) is 2. The molecule has 1 saturated heterocycles. The molecule has 0 atom stereocenters. The van der Waals surface area contributed by atoms with E-state index in [9.17, 15) is 13.6 Å². The molecule has 0 bridgehead atoms. The fourth-order valence-corrected chi connectivity index (χ4v) is 3.36. The van der Waals surface area contributed by atoms with Crippen LogP contribution in [0.1, 0.15) is 16.8 Å². The summed E-state index contributed by atoms with van der Waals surface area (Å²) in [6.07, 6.45) is 0.805. The van der Waals surface area contributed by atoms with Crippen LogP contribution in [0, 0.1) is 11.6 Å². The molecule has 0 aliphatic carbocycles. The number of hydrogen-bond donors (Lipinski definition) is 0. The van der Waals surface area contributed by atoms with Gasteiger partial charge in [0.2, 0.25) is 0 Å². The minimum atomic E-state index is -0.435. The Morgan fingerprint density at radius 1 is 0.917 bits per heavy atom. The van der Waals surface area contributed by atoms with Gasteiger partial charge in [0.25, 0.3) is 5.91 Å². The van der Waals surface area contributed by atoms with E-state index in [1.54, 1.807) is 23.1 Å². The molecule has 0 N–H and O–H groups in total. The number of carbonyl (C=O) groups excluding carboxylic acids is 1. The molecule has 126 valence electrons. The summed E-state index contributed by atoms with van der Waals surface area (Å²) in [5.74, 6) is -0.867. The molecular formula is C18H17BrF2N2O. The maximum atomic E-state index is 13.5. The highest BCUT2D eigenvalue weighted by molar-refractivity contribution is 9.10. The van der Waals surface area contributed by atoms with Crippen LogP contribution in [0.5, 0.6) is 0 Å². The summed E-state index contributed by atoms with van der Waals surface area (Å²) in [5, 5.41) is 0. The second-order valence-corrected chi connectivity index (χ2v) is 6.68. The Bertz CT molecular complexity index is 716. The lowest BCUT2D eigenvalue weighted by Crippen LogP contribution is -2.35. The van der Waals surface area contributed by atoms with Gasteiger partial charge in [0.05, 0.1) is 0 Å². The normalized spacial score (nSPS) is 15.3. The van der Waals surface area contributed by atoms with Crippen molar-refractivity contribution in [3.8, 4) is 0 Å². The van der Waals surface area contributed by atoms with Gasteiger partial charge in [-0.05, 0) is 48.9 Å². The molecule has 24 heavy (non-hydrogen) atoms. The second kappa shape index (κ2) is 7.30. The minimum Gasteiger partial charge on any atom is -0.370 e. The Morgan fingerprint density at radius 3 is 2.38 bits per heavy atom. The first-order valence-electron chi connectivity index (χ1n) is 7.79. The van der Waals surface area contributed by atoms with Crippen LogP contribution in [0.3, 0.4) is 0 Å². The van der Waals surface area contributed by atoms with E-state index in [1.807, 2.05) is 0 Å². The maximum absolute atomic E-state index is 13.5. The van der Waals surface area contributed by atoms with Gasteiger partial charge in [0.15, 0.2) is 0 Å². The Balaban J connectivity index is 1.70. The predicted octanol–water partition coefficient (Wildman–Crippen LogP) is 4.08. The SMILES string of the molecule is O=C(c1cc(F)cc(Br)c1)N1CCCN(c2ccc(F)cc2)CC1. The molecule has 1 aliphatic rings. The van der Waals surface area contributed by atoms with E-state index in [-0.39, 0.29) is 11.7 Å². The zero-order valence-corrected chi connectivity index (χ0v) is 14.6. The average Bonchev–Trinajstić information content (AvgIpc) is 2.80. The number of amides is 1. The summed E-state index contributed by atoms with van der Waals surface area (Å²) in [4.78, 5) is 16.5. The molecule has 1 fully saturated rings. The smallest absolute Gasteiger partial charge is 0.254 e. The van der Waals surface area contributed by atoms with Gasteiger partial charge >= 0.3 is 0 Å². The van der Waals surface area contributed by atoms with E-state index < -0.39 is 5.82 Å². The topological polar surface area (TPSA) is 23.6 Å². The van der Waals surface area contributed by atoms with Crippen LogP contribution >= 0.6 is 15.9 Å². The zero-order chi connectivity index (χ0) is 17.1. The van der Waals surface area contributed by atoms with Crippen LogP contribution in [0.25, 0.3) is 0 Å². The van der Waals surface area contributed by atoms with Crippen molar-refractivity contribution in [3.63, 3.8) is 0 Å². The third-order valence-corrected chi connectivity index (χ3v) is 4.54. The number of halogens is 3. The fourth-order valence-electron chi connectivity index (χ4n) is 2.89. The highest BCUT2D eigenvalue weighted by Crippen LogP contribution is 2.20. The van der Waals surface area contributed by atoms with Gasteiger partial charge in [0, 0.05) is 41.9 Å². The van der Waals surface area contributed by atoms with Crippen LogP contribution < -0.4 is 4.90 Å². The van der Waals surface area contributed by atoms with Crippen molar-refractivity contribution in [1.29, 1.82) is 0 Å². The first-order chi connectivity index (χ1) is 11.5. The highest BCUT2D eigenvalue weighted by atomic mass is 79.9. The van der Waals surface area contributed by atoms with E-state index >= 15 is 0 Å². The lowest BCUT2D eigenvalue weighted by Gasteiger charge is -2.24. The largest absolute Gasteiger partial charge is 0.370 e. The van der Waals surface area contributed by atoms with Crippen LogP contribution in [0.2, 0.25) is 0 Å². The second-order valence-electron chi connectivity index (χ2n) is 5.77. The van der Waals surface area contributed by atoms with Crippen LogP contribution in [0.15, 0.2) is 46.9 Å². The van der Waals surface area contributed by atoms with E-state index in [1.165, 1.54) is 24.3 Å². The Kier molecular flexibility index (Phi) is 5.14. The van der Waals surface area contributed by atoms with E-state index in [0.29, 0.717) is 29.7 Å².